The van der Waals surface area contributed by atoms with Crippen LogP contribution in [0.5, 0.6) is 0 Å². The van der Waals surface area contributed by atoms with Gasteiger partial charge in [0.2, 0.25) is 0 Å². The first-order chi connectivity index (χ1) is 5.82. The SMILES string of the molecule is C=C(Br)CN(CC)C(C)(C)C(=O)O. The molecule has 0 bridgehead atoms. The van der Waals surface area contributed by atoms with E-state index in [4.69, 9.17) is 5.11 Å². The molecule has 0 aromatic rings. The van der Waals surface area contributed by atoms with Crippen molar-refractivity contribution in [1.82, 2.24) is 4.90 Å². The minimum absolute atomic E-state index is 0.551. The van der Waals surface area contributed by atoms with Gasteiger partial charge in [-0.25, -0.2) is 0 Å². The summed E-state index contributed by atoms with van der Waals surface area (Å²) in [5.74, 6) is -0.817. The standard InChI is InChI=1S/C9H16BrNO2/c1-5-11(6-7(2)10)9(3,4)8(12)13/h2,5-6H2,1,3-4H3,(H,12,13). The molecule has 76 valence electrons. The van der Waals surface area contributed by atoms with Gasteiger partial charge in [0.05, 0.1) is 0 Å². The van der Waals surface area contributed by atoms with Crippen LogP contribution in [0, 0.1) is 0 Å². The predicted octanol–water partition coefficient (Wildman–Crippen LogP) is 2.08. The summed E-state index contributed by atoms with van der Waals surface area (Å²) in [4.78, 5) is 12.8. The van der Waals surface area contributed by atoms with Crippen molar-refractivity contribution < 1.29 is 9.90 Å². The Bertz CT molecular complexity index is 214. The van der Waals surface area contributed by atoms with Crippen LogP contribution in [0.2, 0.25) is 0 Å². The number of halogens is 1. The summed E-state index contributed by atoms with van der Waals surface area (Å²) in [7, 11) is 0. The molecule has 0 atom stereocenters. The van der Waals surface area contributed by atoms with Gasteiger partial charge in [-0.3, -0.25) is 9.69 Å². The van der Waals surface area contributed by atoms with E-state index in [1.807, 2.05) is 11.8 Å². The van der Waals surface area contributed by atoms with E-state index in [2.05, 4.69) is 22.5 Å². The van der Waals surface area contributed by atoms with Gasteiger partial charge in [-0.1, -0.05) is 29.4 Å². The smallest absolute Gasteiger partial charge is 0.323 e. The molecule has 0 fully saturated rings. The van der Waals surface area contributed by atoms with Crippen molar-refractivity contribution in [2.24, 2.45) is 0 Å². The maximum absolute atomic E-state index is 10.9. The Morgan fingerprint density at radius 3 is 2.31 bits per heavy atom. The molecule has 1 N–H and O–H groups in total. The van der Waals surface area contributed by atoms with Crippen LogP contribution in [0.25, 0.3) is 0 Å². The Kier molecular flexibility index (Phi) is 4.64. The topological polar surface area (TPSA) is 40.5 Å². The summed E-state index contributed by atoms with van der Waals surface area (Å²) < 4.78 is 0.795. The summed E-state index contributed by atoms with van der Waals surface area (Å²) in [6, 6.07) is 0. The number of hydrogen-bond donors (Lipinski definition) is 1. The highest BCUT2D eigenvalue weighted by Crippen LogP contribution is 2.17. The van der Waals surface area contributed by atoms with E-state index in [1.54, 1.807) is 13.8 Å². The second-order valence-corrected chi connectivity index (χ2v) is 4.52. The van der Waals surface area contributed by atoms with E-state index in [0.29, 0.717) is 13.1 Å². The molecule has 0 amide bonds. The zero-order valence-corrected chi connectivity index (χ0v) is 9.89. The van der Waals surface area contributed by atoms with Gasteiger partial charge in [0, 0.05) is 11.0 Å². The molecule has 0 aliphatic rings. The average molecular weight is 250 g/mol. The molecule has 0 spiro atoms. The van der Waals surface area contributed by atoms with Gasteiger partial charge < -0.3 is 5.11 Å². The average Bonchev–Trinajstić information content (AvgIpc) is 1.99. The van der Waals surface area contributed by atoms with Crippen LogP contribution in [0.3, 0.4) is 0 Å². The third kappa shape index (κ3) is 3.48. The van der Waals surface area contributed by atoms with Crippen molar-refractivity contribution in [2.75, 3.05) is 13.1 Å². The van der Waals surface area contributed by atoms with E-state index < -0.39 is 11.5 Å². The highest BCUT2D eigenvalue weighted by molar-refractivity contribution is 9.11. The summed E-state index contributed by atoms with van der Waals surface area (Å²) in [5, 5.41) is 8.97. The molecule has 0 saturated heterocycles. The van der Waals surface area contributed by atoms with Gasteiger partial charge in [-0.05, 0) is 20.4 Å². The quantitative estimate of drug-likeness (QED) is 0.812. The molecule has 13 heavy (non-hydrogen) atoms. The highest BCUT2D eigenvalue weighted by Gasteiger charge is 2.33. The van der Waals surface area contributed by atoms with E-state index in [0.717, 1.165) is 4.48 Å². The van der Waals surface area contributed by atoms with Crippen molar-refractivity contribution in [1.29, 1.82) is 0 Å². The van der Waals surface area contributed by atoms with Crippen LogP contribution in [0.1, 0.15) is 20.8 Å². The number of hydrogen-bond acceptors (Lipinski definition) is 2. The Morgan fingerprint density at radius 2 is 2.08 bits per heavy atom. The third-order valence-electron chi connectivity index (χ3n) is 2.06. The van der Waals surface area contributed by atoms with E-state index >= 15 is 0 Å². The molecule has 0 aliphatic heterocycles. The minimum atomic E-state index is -0.842. The van der Waals surface area contributed by atoms with Crippen LogP contribution < -0.4 is 0 Å². The Labute approximate surface area is 87.6 Å². The summed E-state index contributed by atoms with van der Waals surface area (Å²) >= 11 is 3.23. The van der Waals surface area contributed by atoms with Crippen LogP contribution in [-0.2, 0) is 4.79 Å². The number of carboxylic acids is 1. The molecule has 0 unspecified atom stereocenters. The monoisotopic (exact) mass is 249 g/mol. The molecule has 0 aromatic carbocycles. The van der Waals surface area contributed by atoms with Gasteiger partial charge in [0.15, 0.2) is 0 Å². The fourth-order valence-electron chi connectivity index (χ4n) is 1.05. The van der Waals surface area contributed by atoms with E-state index in [9.17, 15) is 4.79 Å². The van der Waals surface area contributed by atoms with Crippen LogP contribution in [0.4, 0.5) is 0 Å². The molecule has 0 aromatic heterocycles. The number of nitrogens with zero attached hydrogens (tertiary/aromatic N) is 1. The maximum Gasteiger partial charge on any atom is 0.323 e. The lowest BCUT2D eigenvalue weighted by Crippen LogP contribution is -2.50. The van der Waals surface area contributed by atoms with Gasteiger partial charge in [-0.2, -0.15) is 0 Å². The Balaban J connectivity index is 4.55. The lowest BCUT2D eigenvalue weighted by molar-refractivity contribution is -0.148. The van der Waals surface area contributed by atoms with Gasteiger partial charge >= 0.3 is 5.97 Å². The molecule has 0 saturated carbocycles. The lowest BCUT2D eigenvalue weighted by atomic mass is 10.0. The fraction of sp³-hybridized carbons (Fsp3) is 0.667. The fourth-order valence-corrected chi connectivity index (χ4v) is 1.35. The zero-order chi connectivity index (χ0) is 10.6. The number of carbonyl (C=O) groups is 1. The predicted molar refractivity (Wildman–Crippen MR) is 57.0 cm³/mol. The van der Waals surface area contributed by atoms with Gasteiger partial charge in [0.25, 0.3) is 0 Å². The number of aliphatic carboxylic acids is 1. The highest BCUT2D eigenvalue weighted by atomic mass is 79.9. The Morgan fingerprint density at radius 1 is 1.62 bits per heavy atom. The summed E-state index contributed by atoms with van der Waals surface area (Å²) in [6.45, 7) is 10.2. The molecule has 4 heteroatoms. The van der Waals surface area contributed by atoms with Crippen molar-refractivity contribution >= 4 is 21.9 Å². The molecule has 0 heterocycles. The zero-order valence-electron chi connectivity index (χ0n) is 8.30. The first-order valence-corrected chi connectivity index (χ1v) is 4.93. The second-order valence-electron chi connectivity index (χ2n) is 3.40. The van der Waals surface area contributed by atoms with Crippen molar-refractivity contribution in [2.45, 2.75) is 26.3 Å². The summed E-state index contributed by atoms with van der Waals surface area (Å²) in [5.41, 5.74) is -0.842. The van der Waals surface area contributed by atoms with Crippen LogP contribution in [-0.4, -0.2) is 34.6 Å². The first-order valence-electron chi connectivity index (χ1n) is 4.14. The van der Waals surface area contributed by atoms with E-state index in [-0.39, 0.29) is 0 Å². The van der Waals surface area contributed by atoms with Crippen LogP contribution in [0.15, 0.2) is 11.1 Å². The van der Waals surface area contributed by atoms with Gasteiger partial charge in [0.1, 0.15) is 5.54 Å². The van der Waals surface area contributed by atoms with Crippen molar-refractivity contribution in [3.8, 4) is 0 Å². The molecule has 0 radical (unpaired) electrons. The van der Waals surface area contributed by atoms with E-state index in [1.165, 1.54) is 0 Å². The normalized spacial score (nSPS) is 11.8. The number of rotatable bonds is 5. The third-order valence-corrected chi connectivity index (χ3v) is 2.31. The van der Waals surface area contributed by atoms with Crippen LogP contribution >= 0.6 is 15.9 Å². The van der Waals surface area contributed by atoms with Crippen molar-refractivity contribution in [3.63, 3.8) is 0 Å². The Hall–Kier alpha value is -0.350. The second kappa shape index (κ2) is 4.77. The summed E-state index contributed by atoms with van der Waals surface area (Å²) in [6.07, 6.45) is 0. The molecular weight excluding hydrogens is 234 g/mol. The molecule has 0 aliphatic carbocycles. The first kappa shape index (κ1) is 12.7. The minimum Gasteiger partial charge on any atom is -0.480 e. The number of carboxylic acid groups (broad SMARTS) is 1. The molecule has 3 nitrogen and oxygen atoms in total. The molecular formula is C9H16BrNO2. The molecule has 0 rings (SSSR count). The van der Waals surface area contributed by atoms with Crippen molar-refractivity contribution in [3.05, 3.63) is 11.1 Å². The largest absolute Gasteiger partial charge is 0.480 e. The number of likely N-dealkylation sites (N-methyl/N-ethyl adjacent to an activating group) is 1. The lowest BCUT2D eigenvalue weighted by Gasteiger charge is -2.33. The maximum atomic E-state index is 10.9. The van der Waals surface area contributed by atoms with Gasteiger partial charge in [-0.15, -0.1) is 0 Å².